The fraction of sp³-hybridized carbons (Fsp3) is 0.316. The summed E-state index contributed by atoms with van der Waals surface area (Å²) in [6.07, 6.45) is 3.96. The van der Waals surface area contributed by atoms with E-state index in [2.05, 4.69) is 83.8 Å². The number of amides is 1. The van der Waals surface area contributed by atoms with E-state index in [-0.39, 0.29) is 5.91 Å². The Hall–Kier alpha value is -5.62. The molecule has 0 atom stereocenters. The van der Waals surface area contributed by atoms with Crippen molar-refractivity contribution < 1.29 is 9.53 Å². The SMILES string of the molecule is COc1ncc(-c2ccc3cnc(Nc4ccc(N5CC(CN6CCN(c7ccc(NCCC(N)=O)cc7)CC6)C5)cc4)nc3c2)c(C)c1N. The molecule has 7 rings (SSSR count). The number of rotatable bonds is 12. The van der Waals surface area contributed by atoms with E-state index in [1.54, 1.807) is 13.3 Å². The molecule has 12 nitrogen and oxygen atoms in total. The van der Waals surface area contributed by atoms with Gasteiger partial charge in [0.05, 0.1) is 18.3 Å². The van der Waals surface area contributed by atoms with Gasteiger partial charge in [-0.2, -0.15) is 0 Å². The quantitative estimate of drug-likeness (QED) is 0.144. The van der Waals surface area contributed by atoms with E-state index in [0.717, 1.165) is 84.8 Å². The van der Waals surface area contributed by atoms with Crippen LogP contribution in [0.3, 0.4) is 0 Å². The molecule has 4 heterocycles. The van der Waals surface area contributed by atoms with Crippen LogP contribution < -0.4 is 36.6 Å². The number of aromatic nitrogens is 3. The van der Waals surface area contributed by atoms with E-state index in [4.69, 9.17) is 21.2 Å². The number of benzene rings is 3. The lowest BCUT2D eigenvalue weighted by atomic mass is 9.98. The fourth-order valence-electron chi connectivity index (χ4n) is 6.75. The highest BCUT2D eigenvalue weighted by atomic mass is 16.5. The van der Waals surface area contributed by atoms with E-state index in [1.807, 2.05) is 31.3 Å². The lowest BCUT2D eigenvalue weighted by molar-refractivity contribution is -0.117. The summed E-state index contributed by atoms with van der Waals surface area (Å²) >= 11 is 0. The molecule has 0 spiro atoms. The molecule has 258 valence electrons. The Kier molecular flexibility index (Phi) is 9.52. The molecule has 50 heavy (non-hydrogen) atoms. The van der Waals surface area contributed by atoms with Gasteiger partial charge >= 0.3 is 0 Å². The number of nitrogen functional groups attached to an aromatic ring is 1. The first-order chi connectivity index (χ1) is 24.3. The number of methoxy groups -OCH3 is 1. The molecule has 0 saturated carbocycles. The minimum absolute atomic E-state index is 0.292. The molecule has 2 aromatic heterocycles. The van der Waals surface area contributed by atoms with Gasteiger partial charge in [-0.05, 0) is 72.6 Å². The number of nitrogens with two attached hydrogens (primary N) is 2. The summed E-state index contributed by atoms with van der Waals surface area (Å²) < 4.78 is 5.27. The number of fused-ring (bicyclic) bond motifs is 1. The van der Waals surface area contributed by atoms with Crippen LogP contribution in [0.15, 0.2) is 79.1 Å². The number of carbonyl (C=O) groups excluding carboxylic acids is 1. The number of ether oxygens (including phenoxy) is 1. The third-order valence-electron chi connectivity index (χ3n) is 9.70. The first-order valence-corrected chi connectivity index (χ1v) is 17.1. The average Bonchev–Trinajstić information content (AvgIpc) is 3.11. The van der Waals surface area contributed by atoms with Crippen LogP contribution in [0, 0.1) is 12.8 Å². The van der Waals surface area contributed by atoms with Gasteiger partial charge in [-0.25, -0.2) is 15.0 Å². The molecule has 0 radical (unpaired) electrons. The van der Waals surface area contributed by atoms with Crippen LogP contribution in [-0.4, -0.2) is 85.2 Å². The van der Waals surface area contributed by atoms with Crippen LogP contribution in [0.5, 0.6) is 5.88 Å². The average molecular weight is 673 g/mol. The maximum atomic E-state index is 11.0. The molecule has 6 N–H and O–H groups in total. The Morgan fingerprint density at radius 3 is 2.30 bits per heavy atom. The molecule has 2 aliphatic heterocycles. The molecule has 2 aliphatic rings. The molecule has 1 amide bonds. The fourth-order valence-corrected chi connectivity index (χ4v) is 6.75. The van der Waals surface area contributed by atoms with Crippen molar-refractivity contribution in [2.24, 2.45) is 11.7 Å². The minimum Gasteiger partial charge on any atom is -0.480 e. The van der Waals surface area contributed by atoms with E-state index in [9.17, 15) is 4.79 Å². The summed E-state index contributed by atoms with van der Waals surface area (Å²) in [6, 6.07) is 23.0. The maximum absolute atomic E-state index is 11.0. The van der Waals surface area contributed by atoms with E-state index >= 15 is 0 Å². The molecule has 0 aliphatic carbocycles. The highest BCUT2D eigenvalue weighted by Gasteiger charge is 2.30. The number of nitrogens with zero attached hydrogens (tertiary/aromatic N) is 6. The van der Waals surface area contributed by atoms with Crippen molar-refractivity contribution in [3.63, 3.8) is 0 Å². The Bertz CT molecular complexity index is 1950. The van der Waals surface area contributed by atoms with Crippen molar-refractivity contribution in [1.82, 2.24) is 19.9 Å². The third kappa shape index (κ3) is 7.35. The predicted molar refractivity (Wildman–Crippen MR) is 201 cm³/mol. The molecule has 12 heteroatoms. The summed E-state index contributed by atoms with van der Waals surface area (Å²) in [5.74, 6) is 1.36. The zero-order chi connectivity index (χ0) is 34.6. The summed E-state index contributed by atoms with van der Waals surface area (Å²) in [5, 5.41) is 7.57. The molecule has 5 aromatic rings. The van der Waals surface area contributed by atoms with Gasteiger partial charge in [-0.15, -0.1) is 0 Å². The second kappa shape index (κ2) is 14.5. The molecule has 2 saturated heterocycles. The van der Waals surface area contributed by atoms with Gasteiger partial charge in [0.15, 0.2) is 0 Å². The maximum Gasteiger partial charge on any atom is 0.237 e. The molecular formula is C38H44N10O2. The van der Waals surface area contributed by atoms with E-state index in [0.29, 0.717) is 36.4 Å². The molecule has 0 unspecified atom stereocenters. The zero-order valence-electron chi connectivity index (χ0n) is 28.6. The third-order valence-corrected chi connectivity index (χ3v) is 9.70. The van der Waals surface area contributed by atoms with Gasteiger partial charge in [-0.1, -0.05) is 12.1 Å². The van der Waals surface area contributed by atoms with Crippen molar-refractivity contribution in [3.8, 4) is 17.0 Å². The Morgan fingerprint density at radius 1 is 0.900 bits per heavy atom. The minimum atomic E-state index is -0.292. The lowest BCUT2D eigenvalue weighted by Gasteiger charge is -2.45. The van der Waals surface area contributed by atoms with Crippen LogP contribution in [0.2, 0.25) is 0 Å². The van der Waals surface area contributed by atoms with Gasteiger partial charge in [0.1, 0.15) is 0 Å². The summed E-state index contributed by atoms with van der Waals surface area (Å²) in [4.78, 5) is 32.2. The lowest BCUT2D eigenvalue weighted by Crippen LogP contribution is -2.55. The number of hydrogen-bond donors (Lipinski definition) is 4. The van der Waals surface area contributed by atoms with Gasteiger partial charge in [-0.3, -0.25) is 9.69 Å². The largest absolute Gasteiger partial charge is 0.480 e. The Balaban J connectivity index is 0.881. The van der Waals surface area contributed by atoms with Crippen LogP contribution in [-0.2, 0) is 4.79 Å². The normalized spacial score (nSPS) is 15.2. The van der Waals surface area contributed by atoms with Crippen LogP contribution in [0.4, 0.5) is 34.4 Å². The van der Waals surface area contributed by atoms with Crippen molar-refractivity contribution in [2.75, 3.05) is 85.6 Å². The van der Waals surface area contributed by atoms with Gasteiger partial charge in [0.2, 0.25) is 17.7 Å². The molecule has 2 fully saturated rings. The summed E-state index contributed by atoms with van der Waals surface area (Å²) in [5.41, 5.74) is 20.1. The number of nitrogens with one attached hydrogen (secondary N) is 2. The Morgan fingerprint density at radius 2 is 1.60 bits per heavy atom. The number of primary amides is 1. The van der Waals surface area contributed by atoms with Crippen LogP contribution in [0.25, 0.3) is 22.0 Å². The van der Waals surface area contributed by atoms with Crippen molar-refractivity contribution in [1.29, 1.82) is 0 Å². The van der Waals surface area contributed by atoms with Gasteiger partial charge in [0.25, 0.3) is 0 Å². The Labute approximate surface area is 292 Å². The number of hydrogen-bond acceptors (Lipinski definition) is 11. The van der Waals surface area contributed by atoms with Crippen molar-refractivity contribution in [3.05, 3.63) is 84.7 Å². The standard InChI is InChI=1S/C38H44N10O2/c1-25-33(21-42-37(50-2)36(25)40)27-3-4-28-20-43-38(45-34(28)19-27)44-30-7-11-32(12-8-30)48-23-26(24-48)22-46-15-17-47(18-16-46)31-9-5-29(6-10-31)41-14-13-35(39)49/h3-12,19-21,26,41H,13-18,22-24,40H2,1-2H3,(H2,39,49)(H,43,44,45). The van der Waals surface area contributed by atoms with Crippen molar-refractivity contribution >= 4 is 51.2 Å². The molecular weight excluding hydrogens is 628 g/mol. The van der Waals surface area contributed by atoms with Crippen molar-refractivity contribution in [2.45, 2.75) is 13.3 Å². The van der Waals surface area contributed by atoms with Crippen LogP contribution >= 0.6 is 0 Å². The number of anilines is 6. The predicted octanol–water partition coefficient (Wildman–Crippen LogP) is 4.88. The molecule has 3 aromatic carbocycles. The van der Waals surface area contributed by atoms with E-state index < -0.39 is 0 Å². The summed E-state index contributed by atoms with van der Waals surface area (Å²) in [7, 11) is 1.57. The first kappa shape index (κ1) is 32.9. The number of carbonyl (C=O) groups is 1. The second-order valence-electron chi connectivity index (χ2n) is 13.1. The zero-order valence-corrected chi connectivity index (χ0v) is 28.6. The van der Waals surface area contributed by atoms with E-state index in [1.165, 1.54) is 11.4 Å². The van der Waals surface area contributed by atoms with Crippen LogP contribution in [0.1, 0.15) is 12.0 Å². The second-order valence-corrected chi connectivity index (χ2v) is 13.1. The summed E-state index contributed by atoms with van der Waals surface area (Å²) in [6.45, 7) is 9.99. The monoisotopic (exact) mass is 672 g/mol. The first-order valence-electron chi connectivity index (χ1n) is 17.1. The highest BCUT2D eigenvalue weighted by Crippen LogP contribution is 2.33. The smallest absolute Gasteiger partial charge is 0.237 e. The van der Waals surface area contributed by atoms with Gasteiger partial charge < -0.3 is 36.6 Å². The highest BCUT2D eigenvalue weighted by molar-refractivity contribution is 5.86. The van der Waals surface area contributed by atoms with Gasteiger partial charge in [0, 0.05) is 111 Å². The topological polar surface area (TPSA) is 151 Å². The molecule has 0 bridgehead atoms. The number of piperazine rings is 1. The number of pyridine rings is 1.